The van der Waals surface area contributed by atoms with Gasteiger partial charge in [0.2, 0.25) is 11.8 Å². The van der Waals surface area contributed by atoms with Crippen molar-refractivity contribution >= 4 is 17.5 Å². The average molecular weight is 597 g/mol. The molecule has 2 aliphatic carbocycles. The number of halogens is 5. The van der Waals surface area contributed by atoms with E-state index in [0.717, 1.165) is 12.8 Å². The molecule has 10 nitrogen and oxygen atoms in total. The van der Waals surface area contributed by atoms with Gasteiger partial charge in [0.25, 0.3) is 5.91 Å². The lowest BCUT2D eigenvalue weighted by Crippen LogP contribution is -2.38. The van der Waals surface area contributed by atoms with Gasteiger partial charge in [0.05, 0.1) is 42.8 Å². The minimum absolute atomic E-state index is 0.0777. The van der Waals surface area contributed by atoms with Crippen molar-refractivity contribution in [3.05, 3.63) is 41.6 Å². The van der Waals surface area contributed by atoms with Crippen molar-refractivity contribution in [2.75, 3.05) is 0 Å². The number of alkyl halides is 5. The number of hydrogen-bond acceptors (Lipinski definition) is 6. The topological polar surface area (TPSA) is 119 Å². The molecule has 228 valence electrons. The molecule has 42 heavy (non-hydrogen) atoms. The monoisotopic (exact) mass is 596 g/mol. The molecule has 2 N–H and O–H groups in total. The SMILES string of the molecule is CC(C)n1nncc1C(=O)N[C@H](c1cn2ncc(C(NC(=O)CCC(F)(F)F)C3CC3)cc2n1)C1CCC(F)(F)CC1. The highest BCUT2D eigenvalue weighted by Gasteiger charge is 2.40. The summed E-state index contributed by atoms with van der Waals surface area (Å²) in [4.78, 5) is 30.3. The standard InChI is InChI=1S/C27H33F5N8O2/c1-15(2)40-20(13-33-38-40)25(42)37-24(17-5-8-26(28,29)9-6-17)19-14-39-21(35-19)11-18(12-34-39)23(16-3-4-16)36-22(41)7-10-27(30,31)32/h11-17,23-24H,3-10H2,1-2H3,(H,36,41)(H,37,42)/t23?,24-/m0/s1. The van der Waals surface area contributed by atoms with Crippen LogP contribution in [0.25, 0.3) is 5.65 Å². The average Bonchev–Trinajstić information content (AvgIpc) is 3.47. The number of fused-ring (bicyclic) bond motifs is 1. The van der Waals surface area contributed by atoms with E-state index < -0.39 is 48.8 Å². The number of nitrogens with zero attached hydrogens (tertiary/aromatic N) is 6. The lowest BCUT2D eigenvalue weighted by molar-refractivity contribution is -0.144. The first kappa shape index (κ1) is 29.8. The molecule has 2 fully saturated rings. The van der Waals surface area contributed by atoms with Crippen LogP contribution in [0.1, 0.15) is 105 Å². The summed E-state index contributed by atoms with van der Waals surface area (Å²) in [7, 11) is 0. The van der Waals surface area contributed by atoms with Gasteiger partial charge in [0.1, 0.15) is 5.69 Å². The summed E-state index contributed by atoms with van der Waals surface area (Å²) >= 11 is 0. The predicted octanol–water partition coefficient (Wildman–Crippen LogP) is 5.11. The zero-order chi connectivity index (χ0) is 30.2. The van der Waals surface area contributed by atoms with Gasteiger partial charge < -0.3 is 10.6 Å². The number of carbonyl (C=O) groups excluding carboxylic acids is 2. The van der Waals surface area contributed by atoms with Gasteiger partial charge in [-0.15, -0.1) is 5.10 Å². The van der Waals surface area contributed by atoms with Crippen LogP contribution in [0.5, 0.6) is 0 Å². The molecule has 15 heteroatoms. The minimum atomic E-state index is -4.43. The van der Waals surface area contributed by atoms with Gasteiger partial charge in [-0.1, -0.05) is 5.21 Å². The third-order valence-electron chi connectivity index (χ3n) is 7.90. The Bertz CT molecular complexity index is 1420. The molecule has 0 bridgehead atoms. The number of aromatic nitrogens is 6. The van der Waals surface area contributed by atoms with E-state index in [-0.39, 0.29) is 49.3 Å². The smallest absolute Gasteiger partial charge is 0.349 e. The quantitative estimate of drug-likeness (QED) is 0.314. The summed E-state index contributed by atoms with van der Waals surface area (Å²) in [5, 5.41) is 17.9. The Morgan fingerprint density at radius 1 is 1.05 bits per heavy atom. The van der Waals surface area contributed by atoms with Crippen LogP contribution in [0.4, 0.5) is 22.0 Å². The van der Waals surface area contributed by atoms with E-state index in [0.29, 0.717) is 16.9 Å². The van der Waals surface area contributed by atoms with Crippen molar-refractivity contribution < 1.29 is 31.5 Å². The molecule has 0 spiro atoms. The number of carbonyl (C=O) groups is 2. The zero-order valence-corrected chi connectivity index (χ0v) is 23.2. The van der Waals surface area contributed by atoms with Gasteiger partial charge in [-0.2, -0.15) is 18.3 Å². The highest BCUT2D eigenvalue weighted by Crippen LogP contribution is 2.43. The molecule has 0 aromatic carbocycles. The summed E-state index contributed by atoms with van der Waals surface area (Å²) in [5.41, 5.74) is 1.66. The number of hydrogen-bond donors (Lipinski definition) is 2. The number of rotatable bonds is 10. The molecule has 0 saturated heterocycles. The van der Waals surface area contributed by atoms with Crippen molar-refractivity contribution in [1.82, 2.24) is 40.2 Å². The molecule has 3 aromatic rings. The summed E-state index contributed by atoms with van der Waals surface area (Å²) in [5.74, 6) is -4.15. The van der Waals surface area contributed by atoms with Crippen molar-refractivity contribution in [1.29, 1.82) is 0 Å². The summed E-state index contributed by atoms with van der Waals surface area (Å²) < 4.78 is 68.8. The van der Waals surface area contributed by atoms with E-state index in [4.69, 9.17) is 0 Å². The molecule has 5 rings (SSSR count). The fraction of sp³-hybridized carbons (Fsp3) is 0.630. The molecule has 2 aliphatic rings. The second-order valence-electron chi connectivity index (χ2n) is 11.6. The first-order chi connectivity index (χ1) is 19.8. The molecular weight excluding hydrogens is 563 g/mol. The van der Waals surface area contributed by atoms with E-state index in [1.165, 1.54) is 21.6 Å². The molecule has 0 aliphatic heterocycles. The highest BCUT2D eigenvalue weighted by atomic mass is 19.4. The fourth-order valence-corrected chi connectivity index (χ4v) is 5.47. The van der Waals surface area contributed by atoms with Crippen LogP contribution in [0.15, 0.2) is 24.7 Å². The van der Waals surface area contributed by atoms with Crippen LogP contribution in [0.2, 0.25) is 0 Å². The molecule has 3 heterocycles. The predicted molar refractivity (Wildman–Crippen MR) is 139 cm³/mol. The van der Waals surface area contributed by atoms with Gasteiger partial charge in [-0.25, -0.2) is 23.0 Å². The van der Waals surface area contributed by atoms with Crippen LogP contribution < -0.4 is 10.6 Å². The Morgan fingerprint density at radius 2 is 1.74 bits per heavy atom. The Balaban J connectivity index is 1.40. The summed E-state index contributed by atoms with van der Waals surface area (Å²) in [6.45, 7) is 3.70. The Labute approximate surface area is 238 Å². The zero-order valence-electron chi connectivity index (χ0n) is 23.2. The Hall–Kier alpha value is -3.65. The van der Waals surface area contributed by atoms with E-state index in [9.17, 15) is 31.5 Å². The lowest BCUT2D eigenvalue weighted by Gasteiger charge is -2.33. The summed E-state index contributed by atoms with van der Waals surface area (Å²) in [6.07, 6.45) is -0.395. The number of imidazole rings is 1. The number of amides is 2. The molecular formula is C27H33F5N8O2. The van der Waals surface area contributed by atoms with Gasteiger partial charge in [0.15, 0.2) is 5.65 Å². The minimum Gasteiger partial charge on any atom is -0.349 e. The molecule has 2 amide bonds. The van der Waals surface area contributed by atoms with E-state index in [2.05, 4.69) is 31.0 Å². The van der Waals surface area contributed by atoms with E-state index in [1.54, 1.807) is 12.3 Å². The maximum atomic E-state index is 14.0. The fourth-order valence-electron chi connectivity index (χ4n) is 5.47. The van der Waals surface area contributed by atoms with Crippen LogP contribution in [0, 0.1) is 11.8 Å². The van der Waals surface area contributed by atoms with Gasteiger partial charge >= 0.3 is 6.18 Å². The van der Waals surface area contributed by atoms with Crippen molar-refractivity contribution in [2.24, 2.45) is 11.8 Å². The maximum absolute atomic E-state index is 14.0. The molecule has 3 aromatic heterocycles. The molecule has 0 radical (unpaired) electrons. The third-order valence-corrected chi connectivity index (χ3v) is 7.90. The maximum Gasteiger partial charge on any atom is 0.389 e. The normalized spacial score (nSPS) is 19.1. The first-order valence-corrected chi connectivity index (χ1v) is 14.1. The van der Waals surface area contributed by atoms with Gasteiger partial charge in [-0.05, 0) is 63.0 Å². The Morgan fingerprint density at radius 3 is 2.38 bits per heavy atom. The van der Waals surface area contributed by atoms with Crippen LogP contribution in [-0.2, 0) is 4.79 Å². The highest BCUT2D eigenvalue weighted by molar-refractivity contribution is 5.92. The Kier molecular flexibility index (Phi) is 8.21. The van der Waals surface area contributed by atoms with Crippen molar-refractivity contribution in [2.45, 2.75) is 95.4 Å². The third kappa shape index (κ3) is 7.04. The van der Waals surface area contributed by atoms with Crippen LogP contribution in [-0.4, -0.2) is 53.5 Å². The number of nitrogens with one attached hydrogen (secondary N) is 2. The van der Waals surface area contributed by atoms with Crippen molar-refractivity contribution in [3.8, 4) is 0 Å². The largest absolute Gasteiger partial charge is 0.389 e. The van der Waals surface area contributed by atoms with Crippen LogP contribution in [0.3, 0.4) is 0 Å². The van der Waals surface area contributed by atoms with E-state index in [1.807, 2.05) is 13.8 Å². The summed E-state index contributed by atoms with van der Waals surface area (Å²) in [6, 6.07) is 0.361. The van der Waals surface area contributed by atoms with Gasteiger partial charge in [-0.3, -0.25) is 9.59 Å². The van der Waals surface area contributed by atoms with Crippen LogP contribution >= 0.6 is 0 Å². The second kappa shape index (κ2) is 11.6. The first-order valence-electron chi connectivity index (χ1n) is 14.1. The molecule has 1 unspecified atom stereocenters. The second-order valence-corrected chi connectivity index (χ2v) is 11.6. The van der Waals surface area contributed by atoms with E-state index >= 15 is 0 Å². The molecule has 2 saturated carbocycles. The lowest BCUT2D eigenvalue weighted by atomic mass is 9.81. The molecule has 2 atom stereocenters. The van der Waals surface area contributed by atoms with Crippen molar-refractivity contribution in [3.63, 3.8) is 0 Å². The van der Waals surface area contributed by atoms with Gasteiger partial charge in [0, 0.05) is 25.3 Å².